The number of urea groups is 1. The van der Waals surface area contributed by atoms with Crippen LogP contribution in [0.15, 0.2) is 57.4 Å². The van der Waals surface area contributed by atoms with E-state index in [9.17, 15) is 18.8 Å². The first kappa shape index (κ1) is 14.5. The summed E-state index contributed by atoms with van der Waals surface area (Å²) in [7, 11) is 0. The van der Waals surface area contributed by atoms with E-state index in [1.807, 2.05) is 0 Å². The largest absolute Gasteiger partial charge is 0.350 e. The summed E-state index contributed by atoms with van der Waals surface area (Å²) in [5, 5.41) is 3.43. The van der Waals surface area contributed by atoms with E-state index in [4.69, 9.17) is 5.73 Å². The smallest absolute Gasteiger partial charge is 0.340 e. The van der Waals surface area contributed by atoms with E-state index in [-0.39, 0.29) is 16.5 Å². The Bertz CT molecular complexity index is 1060. The number of carbonyl (C=O) groups is 1. The normalized spacial score (nSPS) is 11.8. The predicted octanol–water partition coefficient (Wildman–Crippen LogP) is 0.371. The maximum Gasteiger partial charge on any atom is 0.340 e. The van der Waals surface area contributed by atoms with Crippen molar-refractivity contribution in [2.75, 3.05) is 5.01 Å². The van der Waals surface area contributed by atoms with E-state index >= 15 is 0 Å². The second-order valence-electron chi connectivity index (χ2n) is 4.62. The first-order valence-corrected chi connectivity index (χ1v) is 6.47. The number of nitrogens with two attached hydrogens (primary N) is 1. The molecule has 1 heterocycles. The molecule has 3 rings (SSSR count). The fourth-order valence-electron chi connectivity index (χ4n) is 2.20. The topological polar surface area (TPSA) is 106 Å². The van der Waals surface area contributed by atoms with Crippen LogP contribution in [-0.2, 0) is 0 Å². The number of rotatable bonds is 2. The summed E-state index contributed by atoms with van der Waals surface area (Å²) in [6.07, 6.45) is 2.77. The number of pyridine rings is 1. The third-order valence-corrected chi connectivity index (χ3v) is 3.23. The van der Waals surface area contributed by atoms with E-state index in [2.05, 4.69) is 10.1 Å². The van der Waals surface area contributed by atoms with Crippen molar-refractivity contribution in [2.45, 2.75) is 0 Å². The molecule has 0 unspecified atom stereocenters. The zero-order valence-electron chi connectivity index (χ0n) is 11.6. The number of amides is 2. The van der Waals surface area contributed by atoms with Crippen molar-refractivity contribution in [1.29, 1.82) is 0 Å². The second-order valence-corrected chi connectivity index (χ2v) is 4.62. The van der Waals surface area contributed by atoms with Gasteiger partial charge in [-0.1, -0.05) is 12.1 Å². The zero-order chi connectivity index (χ0) is 16.6. The maximum atomic E-state index is 13.8. The zero-order valence-corrected chi connectivity index (χ0v) is 11.6. The number of carbonyl (C=O) groups excluding carboxylic acids is 1. The minimum atomic E-state index is -0.999. The van der Waals surface area contributed by atoms with Gasteiger partial charge in [0, 0.05) is 17.8 Å². The van der Waals surface area contributed by atoms with Crippen LogP contribution in [-0.4, -0.2) is 11.0 Å². The number of hydrogen-bond donors (Lipinski definition) is 1. The number of fused-ring (bicyclic) bond motifs is 1. The number of benzene rings is 1. The molecular weight excluding hydrogens is 303 g/mol. The van der Waals surface area contributed by atoms with Gasteiger partial charge >= 0.3 is 6.03 Å². The van der Waals surface area contributed by atoms with Gasteiger partial charge in [-0.15, -0.1) is 0 Å². The van der Waals surface area contributed by atoms with Gasteiger partial charge in [0.1, 0.15) is 5.82 Å². The van der Waals surface area contributed by atoms with Crippen LogP contribution < -0.4 is 27.0 Å². The number of anilines is 1. The molecule has 23 heavy (non-hydrogen) atoms. The molecule has 0 aliphatic heterocycles. The van der Waals surface area contributed by atoms with Crippen LogP contribution >= 0.6 is 0 Å². The van der Waals surface area contributed by atoms with Crippen LogP contribution in [0, 0.1) is 5.82 Å². The number of primary amides is 1. The van der Waals surface area contributed by atoms with Gasteiger partial charge in [-0.25, -0.2) is 9.18 Å². The van der Waals surface area contributed by atoms with Gasteiger partial charge in [0.25, 0.3) is 0 Å². The van der Waals surface area contributed by atoms with Crippen molar-refractivity contribution < 1.29 is 9.18 Å². The van der Waals surface area contributed by atoms with Crippen LogP contribution in [0.1, 0.15) is 0 Å². The first-order valence-electron chi connectivity index (χ1n) is 6.47. The third-order valence-electron chi connectivity index (χ3n) is 3.23. The fraction of sp³-hybridized carbons (Fsp3) is 0. The summed E-state index contributed by atoms with van der Waals surface area (Å²) in [6.45, 7) is 0. The van der Waals surface area contributed by atoms with E-state index in [0.717, 1.165) is 6.07 Å². The Morgan fingerprint density at radius 3 is 2.43 bits per heavy atom. The van der Waals surface area contributed by atoms with Crippen molar-refractivity contribution in [1.82, 2.24) is 4.98 Å². The van der Waals surface area contributed by atoms with E-state index in [1.165, 1.54) is 36.7 Å². The molecule has 2 amide bonds. The van der Waals surface area contributed by atoms with Gasteiger partial charge in [-0.05, 0) is 18.2 Å². The SMILES string of the molecule is NC(=O)N(/N=c1/c(=O)c2cccc(F)c2c1=O)c1ccncc1. The summed E-state index contributed by atoms with van der Waals surface area (Å²) < 4.78 is 13.8. The predicted molar refractivity (Wildman–Crippen MR) is 80.7 cm³/mol. The van der Waals surface area contributed by atoms with E-state index < -0.39 is 28.1 Å². The lowest BCUT2D eigenvalue weighted by Crippen LogP contribution is -2.40. The van der Waals surface area contributed by atoms with Gasteiger partial charge in [0.15, 0.2) is 5.36 Å². The van der Waals surface area contributed by atoms with E-state index in [0.29, 0.717) is 5.01 Å². The fourth-order valence-corrected chi connectivity index (χ4v) is 2.20. The molecule has 7 nitrogen and oxygen atoms in total. The summed E-state index contributed by atoms with van der Waals surface area (Å²) >= 11 is 0. The average molecular weight is 312 g/mol. The Balaban J connectivity index is 2.33. The Kier molecular flexibility index (Phi) is 3.41. The second kappa shape index (κ2) is 5.41. The van der Waals surface area contributed by atoms with Crippen LogP contribution in [0.4, 0.5) is 14.9 Å². The van der Waals surface area contributed by atoms with Gasteiger partial charge < -0.3 is 5.73 Å². The molecule has 0 radical (unpaired) electrons. The minimum Gasteiger partial charge on any atom is -0.350 e. The lowest BCUT2D eigenvalue weighted by molar-refractivity contribution is 0.254. The molecule has 0 saturated heterocycles. The molecule has 0 aliphatic rings. The molecule has 0 aliphatic carbocycles. The standard InChI is InChI=1S/C15H9FN4O3/c16-10-3-1-2-9-11(10)14(22)12(13(9)21)19-20(15(17)23)8-4-6-18-7-5-8/h1-7H,(H2,17,23)/b19-12-. The lowest BCUT2D eigenvalue weighted by Gasteiger charge is -2.12. The number of hydrogen-bond acceptors (Lipinski definition) is 5. The Morgan fingerprint density at radius 1 is 1.13 bits per heavy atom. The molecule has 2 N–H and O–H groups in total. The van der Waals surface area contributed by atoms with E-state index in [1.54, 1.807) is 0 Å². The Hall–Kier alpha value is -3.42. The molecule has 2 aromatic carbocycles. The first-order chi connectivity index (χ1) is 11.0. The summed E-state index contributed by atoms with van der Waals surface area (Å²) in [5.74, 6) is -0.819. The Labute approximate surface area is 127 Å². The summed E-state index contributed by atoms with van der Waals surface area (Å²) in [6, 6.07) is 5.56. The number of nitrogens with zero attached hydrogens (tertiary/aromatic N) is 3. The highest BCUT2D eigenvalue weighted by molar-refractivity contribution is 5.90. The third kappa shape index (κ3) is 2.35. The molecular formula is C15H9FN4O3. The molecule has 0 atom stereocenters. The van der Waals surface area contributed by atoms with Gasteiger partial charge in [0.2, 0.25) is 10.9 Å². The highest BCUT2D eigenvalue weighted by Gasteiger charge is 2.17. The molecule has 3 aromatic rings. The van der Waals surface area contributed by atoms with Crippen molar-refractivity contribution >= 4 is 22.5 Å². The van der Waals surface area contributed by atoms with Gasteiger partial charge in [-0.3, -0.25) is 14.6 Å². The summed E-state index contributed by atoms with van der Waals surface area (Å²) in [5.41, 5.74) is 3.81. The monoisotopic (exact) mass is 312 g/mol. The molecule has 114 valence electrons. The highest BCUT2D eigenvalue weighted by atomic mass is 19.1. The Morgan fingerprint density at radius 2 is 1.83 bits per heavy atom. The van der Waals surface area contributed by atoms with Crippen molar-refractivity contribution in [3.05, 3.63) is 74.3 Å². The van der Waals surface area contributed by atoms with Crippen molar-refractivity contribution in [3.63, 3.8) is 0 Å². The van der Waals surface area contributed by atoms with Gasteiger partial charge in [-0.2, -0.15) is 10.1 Å². The van der Waals surface area contributed by atoms with Crippen LogP contribution in [0.5, 0.6) is 0 Å². The quantitative estimate of drug-likeness (QED) is 0.690. The molecule has 0 bridgehead atoms. The average Bonchev–Trinajstić information content (AvgIpc) is 2.78. The molecule has 0 saturated carbocycles. The van der Waals surface area contributed by atoms with Crippen molar-refractivity contribution in [3.8, 4) is 0 Å². The molecule has 8 heteroatoms. The lowest BCUT2D eigenvalue weighted by atomic mass is 10.2. The minimum absolute atomic E-state index is 0.0899. The van der Waals surface area contributed by atoms with Crippen LogP contribution in [0.2, 0.25) is 0 Å². The molecule has 1 aromatic heterocycles. The summed E-state index contributed by atoms with van der Waals surface area (Å²) in [4.78, 5) is 39.8. The van der Waals surface area contributed by atoms with Crippen LogP contribution in [0.25, 0.3) is 10.8 Å². The highest BCUT2D eigenvalue weighted by Crippen LogP contribution is 2.12. The van der Waals surface area contributed by atoms with Crippen LogP contribution in [0.3, 0.4) is 0 Å². The molecule has 0 spiro atoms. The maximum absolute atomic E-state index is 13.8. The number of halogens is 1. The molecule has 0 fully saturated rings. The number of aromatic nitrogens is 1. The van der Waals surface area contributed by atoms with Crippen molar-refractivity contribution in [2.24, 2.45) is 10.8 Å². The van der Waals surface area contributed by atoms with Gasteiger partial charge in [0.05, 0.1) is 11.1 Å².